The molecule has 0 fully saturated rings. The van der Waals surface area contributed by atoms with Crippen molar-refractivity contribution in [2.45, 2.75) is 19.4 Å². The number of hydrogen-bond acceptors (Lipinski definition) is 3. The first-order chi connectivity index (χ1) is 6.20. The van der Waals surface area contributed by atoms with E-state index in [0.717, 1.165) is 12.0 Å². The molecule has 74 valence electrons. The maximum Gasteiger partial charge on any atom is 0.174 e. The van der Waals surface area contributed by atoms with Gasteiger partial charge in [0.15, 0.2) is 4.67 Å². The van der Waals surface area contributed by atoms with E-state index < -0.39 is 6.10 Å². The lowest BCUT2D eigenvalue weighted by molar-refractivity contribution is 0.108. The Morgan fingerprint density at radius 1 is 1.69 bits per heavy atom. The summed E-state index contributed by atoms with van der Waals surface area (Å²) >= 11 is 3.23. The lowest BCUT2D eigenvalue weighted by Gasteiger charge is -2.18. The fourth-order valence-electron chi connectivity index (χ4n) is 1.29. The van der Waals surface area contributed by atoms with E-state index in [1.165, 1.54) is 0 Å². The molecule has 13 heavy (non-hydrogen) atoms. The smallest absolute Gasteiger partial charge is 0.174 e. The first-order valence-electron chi connectivity index (χ1n) is 4.31. The van der Waals surface area contributed by atoms with Crippen molar-refractivity contribution in [1.29, 1.82) is 0 Å². The molecule has 0 aliphatic carbocycles. The zero-order valence-electron chi connectivity index (χ0n) is 7.53. The Labute approximate surface area is 86.1 Å². The van der Waals surface area contributed by atoms with Crippen LogP contribution in [0.3, 0.4) is 0 Å². The van der Waals surface area contributed by atoms with E-state index in [4.69, 9.17) is 10.2 Å². The summed E-state index contributed by atoms with van der Waals surface area (Å²) in [5, 5.41) is 9.88. The second-order valence-corrected chi connectivity index (χ2v) is 3.72. The zero-order valence-corrected chi connectivity index (χ0v) is 9.12. The van der Waals surface area contributed by atoms with Gasteiger partial charge in [0.05, 0.1) is 12.4 Å². The third-order valence-corrected chi connectivity index (χ3v) is 2.88. The van der Waals surface area contributed by atoms with Crippen molar-refractivity contribution in [1.82, 2.24) is 0 Å². The van der Waals surface area contributed by atoms with Crippen molar-refractivity contribution in [3.8, 4) is 0 Å². The van der Waals surface area contributed by atoms with Crippen molar-refractivity contribution < 1.29 is 9.52 Å². The van der Waals surface area contributed by atoms with Gasteiger partial charge < -0.3 is 15.3 Å². The Balaban J connectivity index is 2.77. The van der Waals surface area contributed by atoms with Crippen molar-refractivity contribution in [2.75, 3.05) is 6.54 Å². The molecule has 0 saturated carbocycles. The number of furan rings is 1. The van der Waals surface area contributed by atoms with Gasteiger partial charge in [0.25, 0.3) is 0 Å². The van der Waals surface area contributed by atoms with Crippen LogP contribution in [0.2, 0.25) is 0 Å². The van der Waals surface area contributed by atoms with Crippen LogP contribution < -0.4 is 5.73 Å². The molecule has 4 heteroatoms. The van der Waals surface area contributed by atoms with Crippen molar-refractivity contribution >= 4 is 15.9 Å². The standard InChI is InChI=1S/C9H14BrNO2/c1-2-6(5-11)8(12)7-3-4-13-9(7)10/h3-4,6,8,12H,2,5,11H2,1H3. The monoisotopic (exact) mass is 247 g/mol. The van der Waals surface area contributed by atoms with E-state index in [2.05, 4.69) is 15.9 Å². The van der Waals surface area contributed by atoms with Crippen LogP contribution in [0.5, 0.6) is 0 Å². The van der Waals surface area contributed by atoms with E-state index in [0.29, 0.717) is 11.2 Å². The normalized spacial score (nSPS) is 15.7. The first kappa shape index (κ1) is 10.8. The topological polar surface area (TPSA) is 59.4 Å². The number of halogens is 1. The van der Waals surface area contributed by atoms with Crippen LogP contribution in [-0.2, 0) is 0 Å². The summed E-state index contributed by atoms with van der Waals surface area (Å²) in [6, 6.07) is 1.76. The summed E-state index contributed by atoms with van der Waals surface area (Å²) < 4.78 is 5.63. The summed E-state index contributed by atoms with van der Waals surface area (Å²) in [5.74, 6) is 0.0916. The molecule has 0 spiro atoms. The molecule has 2 unspecified atom stereocenters. The van der Waals surface area contributed by atoms with Crippen molar-refractivity contribution in [3.05, 3.63) is 22.6 Å². The van der Waals surface area contributed by atoms with Crippen LogP contribution >= 0.6 is 15.9 Å². The van der Waals surface area contributed by atoms with Gasteiger partial charge in [0.2, 0.25) is 0 Å². The van der Waals surface area contributed by atoms with Gasteiger partial charge in [-0.05, 0) is 35.0 Å². The van der Waals surface area contributed by atoms with E-state index in [-0.39, 0.29) is 5.92 Å². The van der Waals surface area contributed by atoms with Crippen molar-refractivity contribution in [3.63, 3.8) is 0 Å². The van der Waals surface area contributed by atoms with Crippen LogP contribution in [-0.4, -0.2) is 11.7 Å². The number of hydrogen-bond donors (Lipinski definition) is 2. The third kappa shape index (κ3) is 2.33. The molecule has 0 bridgehead atoms. The lowest BCUT2D eigenvalue weighted by atomic mass is 9.95. The minimum atomic E-state index is -0.539. The van der Waals surface area contributed by atoms with Gasteiger partial charge in [-0.1, -0.05) is 6.92 Å². The second kappa shape index (κ2) is 4.79. The second-order valence-electron chi connectivity index (χ2n) is 3.00. The summed E-state index contributed by atoms with van der Waals surface area (Å²) in [6.45, 7) is 2.49. The summed E-state index contributed by atoms with van der Waals surface area (Å²) in [6.07, 6.45) is 1.87. The SMILES string of the molecule is CCC(CN)C(O)c1ccoc1Br. The average Bonchev–Trinajstić information content (AvgIpc) is 2.53. The molecule has 3 nitrogen and oxygen atoms in total. The molecule has 0 amide bonds. The molecular weight excluding hydrogens is 234 g/mol. The summed E-state index contributed by atoms with van der Waals surface area (Å²) in [4.78, 5) is 0. The third-order valence-electron chi connectivity index (χ3n) is 2.24. The van der Waals surface area contributed by atoms with Gasteiger partial charge in [0, 0.05) is 11.5 Å². The van der Waals surface area contributed by atoms with E-state index in [9.17, 15) is 5.11 Å². The summed E-state index contributed by atoms with van der Waals surface area (Å²) in [7, 11) is 0. The van der Waals surface area contributed by atoms with E-state index >= 15 is 0 Å². The highest BCUT2D eigenvalue weighted by Gasteiger charge is 2.21. The minimum absolute atomic E-state index is 0.0916. The predicted molar refractivity (Wildman–Crippen MR) is 54.2 cm³/mol. The minimum Gasteiger partial charge on any atom is -0.457 e. The molecule has 1 heterocycles. The molecule has 3 N–H and O–H groups in total. The van der Waals surface area contributed by atoms with Crippen LogP contribution in [0.4, 0.5) is 0 Å². The van der Waals surface area contributed by atoms with E-state index in [1.54, 1.807) is 12.3 Å². The van der Waals surface area contributed by atoms with Gasteiger partial charge in [-0.15, -0.1) is 0 Å². The maximum atomic E-state index is 9.88. The highest BCUT2D eigenvalue weighted by Crippen LogP contribution is 2.30. The van der Waals surface area contributed by atoms with Crippen LogP contribution in [0, 0.1) is 5.92 Å². The number of nitrogens with two attached hydrogens (primary N) is 1. The van der Waals surface area contributed by atoms with E-state index in [1.807, 2.05) is 6.92 Å². The molecule has 0 aliphatic rings. The maximum absolute atomic E-state index is 9.88. The fourth-order valence-corrected chi connectivity index (χ4v) is 1.76. The Morgan fingerprint density at radius 2 is 2.38 bits per heavy atom. The Morgan fingerprint density at radius 3 is 2.77 bits per heavy atom. The number of rotatable bonds is 4. The average molecular weight is 248 g/mol. The number of aliphatic hydroxyl groups is 1. The lowest BCUT2D eigenvalue weighted by Crippen LogP contribution is -2.21. The molecule has 1 aromatic rings. The highest BCUT2D eigenvalue weighted by molar-refractivity contribution is 9.10. The molecule has 1 aromatic heterocycles. The van der Waals surface area contributed by atoms with Gasteiger partial charge in [-0.3, -0.25) is 0 Å². The van der Waals surface area contributed by atoms with Gasteiger partial charge in [-0.2, -0.15) is 0 Å². The van der Waals surface area contributed by atoms with Gasteiger partial charge >= 0.3 is 0 Å². The molecule has 0 saturated heterocycles. The Kier molecular flexibility index (Phi) is 3.96. The molecule has 0 radical (unpaired) electrons. The van der Waals surface area contributed by atoms with Gasteiger partial charge in [0.1, 0.15) is 0 Å². The highest BCUT2D eigenvalue weighted by atomic mass is 79.9. The predicted octanol–water partition coefficient (Wildman–Crippen LogP) is 2.06. The summed E-state index contributed by atoms with van der Waals surface area (Å²) in [5.41, 5.74) is 6.31. The van der Waals surface area contributed by atoms with Crippen molar-refractivity contribution in [2.24, 2.45) is 11.7 Å². The fraction of sp³-hybridized carbons (Fsp3) is 0.556. The van der Waals surface area contributed by atoms with Crippen LogP contribution in [0.25, 0.3) is 0 Å². The number of aliphatic hydroxyl groups excluding tert-OH is 1. The van der Waals surface area contributed by atoms with Crippen LogP contribution in [0.15, 0.2) is 21.4 Å². The quantitative estimate of drug-likeness (QED) is 0.857. The molecule has 1 rings (SSSR count). The largest absolute Gasteiger partial charge is 0.457 e. The molecular formula is C9H14BrNO2. The molecule has 0 aromatic carbocycles. The first-order valence-corrected chi connectivity index (χ1v) is 5.11. The molecule has 0 aliphatic heterocycles. The van der Waals surface area contributed by atoms with Crippen LogP contribution in [0.1, 0.15) is 25.0 Å². The Hall–Kier alpha value is -0.320. The zero-order chi connectivity index (χ0) is 9.84. The Bertz CT molecular complexity index is 258. The molecule has 2 atom stereocenters. The van der Waals surface area contributed by atoms with Gasteiger partial charge in [-0.25, -0.2) is 0 Å².